The Morgan fingerprint density at radius 1 is 0.846 bits per heavy atom. The quantitative estimate of drug-likeness (QED) is 0.668. The highest BCUT2D eigenvalue weighted by Crippen LogP contribution is 2.36. The minimum atomic E-state index is -4.55. The van der Waals surface area contributed by atoms with Gasteiger partial charge >= 0.3 is 6.30 Å². The number of methoxy groups -OCH3 is 2. The van der Waals surface area contributed by atoms with E-state index < -0.39 is 12.2 Å². The van der Waals surface area contributed by atoms with Gasteiger partial charge in [0.2, 0.25) is 0 Å². The topological polar surface area (TPSA) is 36.3 Å². The highest BCUT2D eigenvalue weighted by atomic mass is 19.4. The highest BCUT2D eigenvalue weighted by molar-refractivity contribution is 5.42. The molecule has 0 saturated carbocycles. The van der Waals surface area contributed by atoms with E-state index in [2.05, 4.69) is 4.98 Å². The van der Waals surface area contributed by atoms with Crippen molar-refractivity contribution in [2.24, 2.45) is 0 Å². The van der Waals surface area contributed by atoms with Gasteiger partial charge in [-0.1, -0.05) is 24.3 Å². The maximum Gasteiger partial charge on any atom is 0.489 e. The van der Waals surface area contributed by atoms with Gasteiger partial charge in [-0.05, 0) is 35.4 Å². The van der Waals surface area contributed by atoms with E-state index in [1.807, 2.05) is 0 Å². The Hall–Kier alpha value is -2.96. The summed E-state index contributed by atoms with van der Waals surface area (Å²) in [5, 5.41) is 0. The number of halogens is 3. The molecule has 0 aliphatic rings. The van der Waals surface area contributed by atoms with Crippen molar-refractivity contribution in [3.63, 3.8) is 0 Å². The normalized spacial score (nSPS) is 11.6. The Balaban J connectivity index is 2.13. The number of imidazole rings is 1. The van der Waals surface area contributed by atoms with E-state index in [1.54, 1.807) is 48.5 Å². The molecule has 0 atom stereocenters. The first-order chi connectivity index (χ1) is 12.4. The van der Waals surface area contributed by atoms with Crippen LogP contribution in [0.1, 0.15) is 22.9 Å². The van der Waals surface area contributed by atoms with E-state index in [4.69, 9.17) is 9.47 Å². The van der Waals surface area contributed by atoms with Crippen LogP contribution in [-0.2, 0) is 6.30 Å². The maximum absolute atomic E-state index is 13.4. The molecule has 1 heterocycles. The van der Waals surface area contributed by atoms with Gasteiger partial charge in [0.1, 0.15) is 17.3 Å². The lowest BCUT2D eigenvalue weighted by Crippen LogP contribution is -2.21. The van der Waals surface area contributed by atoms with Crippen LogP contribution in [0.5, 0.6) is 11.5 Å². The van der Waals surface area contributed by atoms with Crippen molar-refractivity contribution in [2.75, 3.05) is 14.2 Å². The molecule has 4 nitrogen and oxygen atoms in total. The molecule has 0 aliphatic carbocycles. The first kappa shape index (κ1) is 17.8. The van der Waals surface area contributed by atoms with Crippen molar-refractivity contribution in [2.45, 2.75) is 12.2 Å². The molecule has 0 unspecified atom stereocenters. The average Bonchev–Trinajstić information content (AvgIpc) is 3.13. The van der Waals surface area contributed by atoms with Gasteiger partial charge in [0.25, 0.3) is 0 Å². The van der Waals surface area contributed by atoms with Crippen LogP contribution in [0.3, 0.4) is 0 Å². The average molecular weight is 362 g/mol. The van der Waals surface area contributed by atoms with Gasteiger partial charge in [-0.3, -0.25) is 0 Å². The Labute approximate surface area is 148 Å². The molecule has 0 spiro atoms. The van der Waals surface area contributed by atoms with E-state index in [-0.39, 0.29) is 10.4 Å². The first-order valence-electron chi connectivity index (χ1n) is 7.82. The van der Waals surface area contributed by atoms with Gasteiger partial charge in [-0.15, -0.1) is 13.2 Å². The van der Waals surface area contributed by atoms with Crippen LogP contribution in [0.25, 0.3) is 0 Å². The molecule has 0 N–H and O–H groups in total. The summed E-state index contributed by atoms with van der Waals surface area (Å²) >= 11 is 0. The van der Waals surface area contributed by atoms with Crippen LogP contribution in [0, 0.1) is 0 Å². The standard InChI is InChI=1S/C19H17F3N2O2/c1-25-15-7-3-13(4-8-15)17(14-5-9-16(26-2)10-6-14)18-23-11-12-24(18)19(20,21)22/h3-12,17H,1-2H3. The Bertz CT molecular complexity index is 808. The fourth-order valence-corrected chi connectivity index (χ4v) is 2.83. The lowest BCUT2D eigenvalue weighted by Gasteiger charge is -2.21. The zero-order valence-corrected chi connectivity index (χ0v) is 14.2. The van der Waals surface area contributed by atoms with E-state index >= 15 is 0 Å². The molecule has 1 aromatic heterocycles. The van der Waals surface area contributed by atoms with E-state index in [1.165, 1.54) is 14.2 Å². The zero-order valence-electron chi connectivity index (χ0n) is 14.2. The van der Waals surface area contributed by atoms with Crippen LogP contribution in [0.4, 0.5) is 13.2 Å². The number of alkyl halides is 3. The van der Waals surface area contributed by atoms with Crippen molar-refractivity contribution >= 4 is 0 Å². The molecule has 2 aromatic carbocycles. The van der Waals surface area contributed by atoms with Crippen molar-refractivity contribution < 1.29 is 22.6 Å². The molecule has 26 heavy (non-hydrogen) atoms. The summed E-state index contributed by atoms with van der Waals surface area (Å²) in [5.74, 6) is 0.457. The van der Waals surface area contributed by atoms with Gasteiger partial charge in [0, 0.05) is 12.4 Å². The molecule has 3 rings (SSSR count). The smallest absolute Gasteiger partial charge is 0.489 e. The summed E-state index contributed by atoms with van der Waals surface area (Å²) < 4.78 is 50.7. The second-order valence-corrected chi connectivity index (χ2v) is 5.60. The number of hydrogen-bond donors (Lipinski definition) is 0. The Morgan fingerprint density at radius 2 is 1.31 bits per heavy atom. The number of aromatic nitrogens is 2. The predicted molar refractivity (Wildman–Crippen MR) is 90.5 cm³/mol. The largest absolute Gasteiger partial charge is 0.497 e. The van der Waals surface area contributed by atoms with Crippen molar-refractivity contribution in [3.8, 4) is 11.5 Å². The molecule has 0 saturated heterocycles. The Morgan fingerprint density at radius 3 is 1.69 bits per heavy atom. The second kappa shape index (κ2) is 7.11. The molecule has 3 aromatic rings. The second-order valence-electron chi connectivity index (χ2n) is 5.60. The van der Waals surface area contributed by atoms with Gasteiger partial charge < -0.3 is 9.47 Å². The highest BCUT2D eigenvalue weighted by Gasteiger charge is 2.36. The van der Waals surface area contributed by atoms with Crippen molar-refractivity contribution in [3.05, 3.63) is 77.9 Å². The third kappa shape index (κ3) is 3.51. The summed E-state index contributed by atoms with van der Waals surface area (Å²) in [5.41, 5.74) is 1.35. The van der Waals surface area contributed by atoms with E-state index in [9.17, 15) is 13.2 Å². The molecule has 7 heteroatoms. The summed E-state index contributed by atoms with van der Waals surface area (Å²) in [7, 11) is 3.07. The molecule has 0 amide bonds. The molecular weight excluding hydrogens is 345 g/mol. The number of hydrogen-bond acceptors (Lipinski definition) is 3. The third-order valence-corrected chi connectivity index (χ3v) is 4.10. The number of nitrogens with zero attached hydrogens (tertiary/aromatic N) is 2. The maximum atomic E-state index is 13.4. The lowest BCUT2D eigenvalue weighted by molar-refractivity contribution is -0.205. The summed E-state index contributed by atoms with van der Waals surface area (Å²) in [6.45, 7) is 0. The molecule has 0 fully saturated rings. The zero-order chi connectivity index (χ0) is 18.7. The van der Waals surface area contributed by atoms with Crippen molar-refractivity contribution in [1.82, 2.24) is 9.55 Å². The minimum Gasteiger partial charge on any atom is -0.497 e. The third-order valence-electron chi connectivity index (χ3n) is 4.10. The van der Waals surface area contributed by atoms with Crippen LogP contribution >= 0.6 is 0 Å². The lowest BCUT2D eigenvalue weighted by atomic mass is 9.90. The molecule has 0 aliphatic heterocycles. The Kier molecular flexibility index (Phi) is 4.88. The number of benzene rings is 2. The van der Waals surface area contributed by atoms with Gasteiger partial charge in [-0.25, -0.2) is 9.55 Å². The number of rotatable bonds is 5. The van der Waals surface area contributed by atoms with Crippen molar-refractivity contribution in [1.29, 1.82) is 0 Å². The minimum absolute atomic E-state index is 0.104. The first-order valence-corrected chi connectivity index (χ1v) is 7.82. The summed E-state index contributed by atoms with van der Waals surface area (Å²) in [4.78, 5) is 4.00. The van der Waals surface area contributed by atoms with Crippen LogP contribution in [0.15, 0.2) is 60.9 Å². The summed E-state index contributed by atoms with van der Waals surface area (Å²) in [6, 6.07) is 13.8. The van der Waals surface area contributed by atoms with Crippen LogP contribution < -0.4 is 9.47 Å². The number of ether oxygens (including phenoxy) is 2. The fourth-order valence-electron chi connectivity index (χ4n) is 2.83. The monoisotopic (exact) mass is 362 g/mol. The predicted octanol–water partition coefficient (Wildman–Crippen LogP) is 4.56. The molecule has 0 bridgehead atoms. The van der Waals surface area contributed by atoms with E-state index in [0.29, 0.717) is 22.6 Å². The molecule has 0 radical (unpaired) electrons. The molecule has 136 valence electrons. The van der Waals surface area contributed by atoms with Gasteiger partial charge in [-0.2, -0.15) is 0 Å². The van der Waals surface area contributed by atoms with Gasteiger partial charge in [0.15, 0.2) is 0 Å². The molecular formula is C19H17F3N2O2. The van der Waals surface area contributed by atoms with Crippen LogP contribution in [-0.4, -0.2) is 23.8 Å². The summed E-state index contributed by atoms with van der Waals surface area (Å²) in [6.07, 6.45) is -2.47. The fraction of sp³-hybridized carbons (Fsp3) is 0.211. The SMILES string of the molecule is COc1ccc(C(c2ccc(OC)cc2)c2nccn2C(F)(F)F)cc1. The van der Waals surface area contributed by atoms with Gasteiger partial charge in [0.05, 0.1) is 20.1 Å². The van der Waals surface area contributed by atoms with E-state index in [0.717, 1.165) is 12.4 Å². The van der Waals surface area contributed by atoms with Crippen LogP contribution in [0.2, 0.25) is 0 Å².